The number of benzene rings is 1. The molecule has 0 unspecified atom stereocenters. The molecule has 0 saturated carbocycles. The van der Waals surface area contributed by atoms with Crippen molar-refractivity contribution < 1.29 is 22.7 Å². The molecule has 1 aliphatic rings. The van der Waals surface area contributed by atoms with Crippen LogP contribution in [0.5, 0.6) is 5.75 Å². The fourth-order valence-electron chi connectivity index (χ4n) is 3.32. The van der Waals surface area contributed by atoms with Gasteiger partial charge in [-0.15, -0.1) is 11.3 Å². The first-order valence-corrected chi connectivity index (χ1v) is 12.1. The minimum Gasteiger partial charge on any atom is -0.497 e. The van der Waals surface area contributed by atoms with E-state index in [2.05, 4.69) is 0 Å². The van der Waals surface area contributed by atoms with E-state index >= 15 is 0 Å². The summed E-state index contributed by atoms with van der Waals surface area (Å²) in [7, 11) is -1.93. The van der Waals surface area contributed by atoms with E-state index in [9.17, 15) is 18.0 Å². The lowest BCUT2D eigenvalue weighted by Crippen LogP contribution is -2.51. The molecule has 1 aromatic carbocycles. The second-order valence-corrected chi connectivity index (χ2v) is 10.2. The molecule has 0 aliphatic carbocycles. The van der Waals surface area contributed by atoms with Crippen molar-refractivity contribution in [2.75, 3.05) is 51.3 Å². The van der Waals surface area contributed by atoms with Crippen molar-refractivity contribution in [1.82, 2.24) is 9.21 Å². The molecule has 11 heteroatoms. The highest BCUT2D eigenvalue weighted by Crippen LogP contribution is 2.23. The fourth-order valence-corrected chi connectivity index (χ4v) is 5.89. The van der Waals surface area contributed by atoms with E-state index in [1.807, 2.05) is 4.90 Å². The number of rotatable bonds is 9. The Morgan fingerprint density at radius 1 is 1.13 bits per heavy atom. The van der Waals surface area contributed by atoms with Crippen molar-refractivity contribution in [3.8, 4) is 5.75 Å². The Hall–Kier alpha value is -2.47. The molecule has 0 spiro atoms. The number of sulfonamides is 1. The molecule has 2 amide bonds. The molecule has 0 radical (unpaired) electrons. The first-order chi connectivity index (χ1) is 14.8. The van der Waals surface area contributed by atoms with E-state index in [0.717, 1.165) is 0 Å². The second kappa shape index (κ2) is 10.2. The molecule has 3 rings (SSSR count). The van der Waals surface area contributed by atoms with Crippen LogP contribution in [-0.4, -0.2) is 75.8 Å². The van der Waals surface area contributed by atoms with E-state index < -0.39 is 15.9 Å². The van der Waals surface area contributed by atoms with E-state index in [-0.39, 0.29) is 25.4 Å². The number of ether oxygens (including phenoxy) is 1. The Morgan fingerprint density at radius 2 is 1.81 bits per heavy atom. The number of amides is 2. The zero-order valence-electron chi connectivity index (χ0n) is 17.3. The summed E-state index contributed by atoms with van der Waals surface area (Å²) in [5, 5.41) is 1.74. The molecule has 1 saturated heterocycles. The van der Waals surface area contributed by atoms with Gasteiger partial charge < -0.3 is 15.4 Å². The van der Waals surface area contributed by atoms with Gasteiger partial charge in [-0.2, -0.15) is 4.31 Å². The number of methoxy groups -OCH3 is 1. The predicted octanol–water partition coefficient (Wildman–Crippen LogP) is 0.972. The molecular weight excluding hydrogens is 440 g/mol. The summed E-state index contributed by atoms with van der Waals surface area (Å²) in [6.45, 7) is 1.82. The summed E-state index contributed by atoms with van der Waals surface area (Å²) >= 11 is 1.20. The molecule has 1 aromatic heterocycles. The number of hydrogen-bond acceptors (Lipinski definition) is 7. The lowest BCUT2D eigenvalue weighted by atomic mass is 10.2. The standard InChI is InChI=1S/C20H26N4O5S2/c1-29-17-6-4-16(5-7-17)24(9-8-18(21)25)19(26)15-22-10-12-23(13-11-22)31(27,28)20-3-2-14-30-20/h2-7,14H,8-13,15H2,1H3,(H2,21,25). The number of carbonyl (C=O) groups is 2. The van der Waals surface area contributed by atoms with Crippen molar-refractivity contribution in [2.24, 2.45) is 5.73 Å². The van der Waals surface area contributed by atoms with Crippen LogP contribution in [0.2, 0.25) is 0 Å². The van der Waals surface area contributed by atoms with Crippen LogP contribution < -0.4 is 15.4 Å². The summed E-state index contributed by atoms with van der Waals surface area (Å²) in [4.78, 5) is 27.7. The average Bonchev–Trinajstić information content (AvgIpc) is 3.30. The van der Waals surface area contributed by atoms with Gasteiger partial charge in [0.1, 0.15) is 9.96 Å². The number of hydrogen-bond donors (Lipinski definition) is 1. The van der Waals surface area contributed by atoms with Crippen LogP contribution in [-0.2, 0) is 19.6 Å². The maximum absolute atomic E-state index is 13.0. The molecule has 9 nitrogen and oxygen atoms in total. The van der Waals surface area contributed by atoms with Crippen molar-refractivity contribution in [1.29, 1.82) is 0 Å². The van der Waals surface area contributed by atoms with Crippen molar-refractivity contribution in [3.05, 3.63) is 41.8 Å². The number of thiophene rings is 1. The van der Waals surface area contributed by atoms with E-state index in [1.165, 1.54) is 20.5 Å². The molecule has 2 aromatic rings. The Morgan fingerprint density at radius 3 is 2.35 bits per heavy atom. The van der Waals surface area contributed by atoms with Gasteiger partial charge in [0, 0.05) is 44.8 Å². The quantitative estimate of drug-likeness (QED) is 0.589. The fraction of sp³-hybridized carbons (Fsp3) is 0.400. The minimum atomic E-state index is -3.49. The Labute approximate surface area is 186 Å². The summed E-state index contributed by atoms with van der Waals surface area (Å²) in [6.07, 6.45) is 0.0462. The molecule has 0 atom stereocenters. The molecule has 2 N–H and O–H groups in total. The van der Waals surface area contributed by atoms with E-state index in [1.54, 1.807) is 48.9 Å². The smallest absolute Gasteiger partial charge is 0.252 e. The average molecular weight is 467 g/mol. The molecular formula is C20H26N4O5S2. The lowest BCUT2D eigenvalue weighted by molar-refractivity contribution is -0.120. The molecule has 168 valence electrons. The van der Waals surface area contributed by atoms with E-state index in [0.29, 0.717) is 41.8 Å². The van der Waals surface area contributed by atoms with Crippen LogP contribution >= 0.6 is 11.3 Å². The second-order valence-electron chi connectivity index (χ2n) is 7.07. The van der Waals surface area contributed by atoms with Crippen LogP contribution in [0, 0.1) is 0 Å². The Kier molecular flexibility index (Phi) is 7.65. The maximum atomic E-state index is 13.0. The summed E-state index contributed by atoms with van der Waals surface area (Å²) in [5.41, 5.74) is 5.92. The maximum Gasteiger partial charge on any atom is 0.252 e. The van der Waals surface area contributed by atoms with Gasteiger partial charge in [-0.05, 0) is 35.7 Å². The molecule has 1 fully saturated rings. The monoisotopic (exact) mass is 466 g/mol. The van der Waals surface area contributed by atoms with Gasteiger partial charge in [-0.3, -0.25) is 14.5 Å². The van der Waals surface area contributed by atoms with Gasteiger partial charge in [-0.25, -0.2) is 8.42 Å². The number of anilines is 1. The number of nitrogens with two attached hydrogens (primary N) is 1. The third-order valence-electron chi connectivity index (χ3n) is 5.05. The largest absolute Gasteiger partial charge is 0.497 e. The molecule has 0 bridgehead atoms. The van der Waals surface area contributed by atoms with Gasteiger partial charge in [0.05, 0.1) is 13.7 Å². The number of primary amides is 1. The SMILES string of the molecule is COc1ccc(N(CCC(N)=O)C(=O)CN2CCN(S(=O)(=O)c3cccs3)CC2)cc1. The molecule has 31 heavy (non-hydrogen) atoms. The van der Waals surface area contributed by atoms with Crippen LogP contribution in [0.3, 0.4) is 0 Å². The predicted molar refractivity (Wildman–Crippen MR) is 119 cm³/mol. The van der Waals surface area contributed by atoms with Gasteiger partial charge in [-0.1, -0.05) is 6.07 Å². The van der Waals surface area contributed by atoms with Gasteiger partial charge >= 0.3 is 0 Å². The highest BCUT2D eigenvalue weighted by atomic mass is 32.2. The third-order valence-corrected chi connectivity index (χ3v) is 8.32. The zero-order chi connectivity index (χ0) is 22.4. The number of carbonyl (C=O) groups excluding carboxylic acids is 2. The normalized spacial score (nSPS) is 15.5. The number of nitrogens with zero attached hydrogens (tertiary/aromatic N) is 3. The van der Waals surface area contributed by atoms with Crippen molar-refractivity contribution in [3.63, 3.8) is 0 Å². The zero-order valence-corrected chi connectivity index (χ0v) is 18.9. The van der Waals surface area contributed by atoms with Gasteiger partial charge in [0.2, 0.25) is 11.8 Å². The molecule has 1 aliphatic heterocycles. The third kappa shape index (κ3) is 5.82. The first-order valence-electron chi connectivity index (χ1n) is 9.80. The summed E-state index contributed by atoms with van der Waals surface area (Å²) in [5.74, 6) is -0.00573. The summed E-state index contributed by atoms with van der Waals surface area (Å²) in [6, 6.07) is 10.3. The van der Waals surface area contributed by atoms with Crippen molar-refractivity contribution >= 4 is 38.9 Å². The van der Waals surface area contributed by atoms with Crippen LogP contribution in [0.15, 0.2) is 46.0 Å². The van der Waals surface area contributed by atoms with Gasteiger partial charge in [0.15, 0.2) is 0 Å². The lowest BCUT2D eigenvalue weighted by Gasteiger charge is -2.34. The van der Waals surface area contributed by atoms with E-state index in [4.69, 9.17) is 10.5 Å². The number of piperazine rings is 1. The minimum absolute atomic E-state index is 0.0462. The van der Waals surface area contributed by atoms with Crippen LogP contribution in [0.25, 0.3) is 0 Å². The summed E-state index contributed by atoms with van der Waals surface area (Å²) < 4.78 is 32.3. The highest BCUT2D eigenvalue weighted by Gasteiger charge is 2.30. The molecule has 2 heterocycles. The highest BCUT2D eigenvalue weighted by molar-refractivity contribution is 7.91. The Bertz CT molecular complexity index is 985. The topological polar surface area (TPSA) is 113 Å². The first kappa shape index (κ1) is 23.2. The van der Waals surface area contributed by atoms with Crippen molar-refractivity contribution in [2.45, 2.75) is 10.6 Å². The van der Waals surface area contributed by atoms with Crippen LogP contribution in [0.4, 0.5) is 5.69 Å². The van der Waals surface area contributed by atoms with Crippen LogP contribution in [0.1, 0.15) is 6.42 Å². The van der Waals surface area contributed by atoms with Gasteiger partial charge in [0.25, 0.3) is 10.0 Å². The Balaban J connectivity index is 1.63.